The number of aliphatic hydroxyl groups is 1. The quantitative estimate of drug-likeness (QED) is 0.229. The van der Waals surface area contributed by atoms with Crippen molar-refractivity contribution in [3.8, 4) is 0 Å². The van der Waals surface area contributed by atoms with Gasteiger partial charge in [-0.25, -0.2) is 0 Å². The van der Waals surface area contributed by atoms with E-state index in [0.29, 0.717) is 6.08 Å². The van der Waals surface area contributed by atoms with Gasteiger partial charge in [0.1, 0.15) is 12.0 Å². The minimum atomic E-state index is -3.06. The van der Waals surface area contributed by atoms with E-state index in [1.165, 1.54) is 0 Å². The van der Waals surface area contributed by atoms with Crippen LogP contribution in [-0.4, -0.2) is 26.6 Å². The Bertz CT molecular complexity index is 432. The zero-order valence-corrected chi connectivity index (χ0v) is 10.6. The molecule has 9 nitrogen and oxygen atoms in total. The fourth-order valence-electron chi connectivity index (χ4n) is 1.22. The Morgan fingerprint density at radius 1 is 1.41 bits per heavy atom. The molecule has 1 aliphatic carbocycles. The second-order valence-electron chi connectivity index (χ2n) is 3.02. The normalized spacial score (nSPS) is 26.6. The topological polar surface area (TPSA) is 147 Å². The number of hydrogen-bond acceptors (Lipinski definition) is 7. The van der Waals surface area contributed by atoms with Gasteiger partial charge in [0, 0.05) is 6.08 Å². The third kappa shape index (κ3) is 2.88. The SMILES string of the molecule is O=C([O-])C1C=CC([N+](=O)[O-])=CC1(O)[N+](=O)[O-].[Na+]. The predicted octanol–water partition coefficient (Wildman–Crippen LogP) is -4.95. The molecule has 17 heavy (non-hydrogen) atoms. The van der Waals surface area contributed by atoms with E-state index in [-0.39, 0.29) is 35.6 Å². The second-order valence-corrected chi connectivity index (χ2v) is 3.02. The summed E-state index contributed by atoms with van der Waals surface area (Å²) in [5, 5.41) is 40.8. The van der Waals surface area contributed by atoms with E-state index >= 15 is 0 Å². The van der Waals surface area contributed by atoms with Crippen molar-refractivity contribution in [3.63, 3.8) is 0 Å². The fourth-order valence-corrected chi connectivity index (χ4v) is 1.22. The molecule has 0 bridgehead atoms. The Morgan fingerprint density at radius 2 is 1.94 bits per heavy atom. The van der Waals surface area contributed by atoms with Crippen LogP contribution in [0.2, 0.25) is 0 Å². The van der Waals surface area contributed by atoms with E-state index in [1.54, 1.807) is 0 Å². The van der Waals surface area contributed by atoms with Crippen molar-refractivity contribution in [1.82, 2.24) is 0 Å². The smallest absolute Gasteiger partial charge is 0.549 e. The Labute approximate surface area is 116 Å². The molecule has 1 rings (SSSR count). The first-order valence-corrected chi connectivity index (χ1v) is 3.92. The summed E-state index contributed by atoms with van der Waals surface area (Å²) in [5.41, 5.74) is -3.81. The van der Waals surface area contributed by atoms with E-state index < -0.39 is 33.2 Å². The van der Waals surface area contributed by atoms with Crippen LogP contribution >= 0.6 is 0 Å². The molecular weight excluding hydrogens is 247 g/mol. The number of carbonyl (C=O) groups is 1. The van der Waals surface area contributed by atoms with Gasteiger partial charge in [0.2, 0.25) is 0 Å². The maximum Gasteiger partial charge on any atom is 1.00 e. The van der Waals surface area contributed by atoms with Crippen LogP contribution in [0.25, 0.3) is 0 Å². The number of carboxylic acid groups (broad SMARTS) is 1. The predicted molar refractivity (Wildman–Crippen MR) is 44.7 cm³/mol. The van der Waals surface area contributed by atoms with E-state index in [4.69, 9.17) is 0 Å². The Hall–Kier alpha value is -1.29. The van der Waals surface area contributed by atoms with Gasteiger partial charge in [-0.15, -0.1) is 0 Å². The monoisotopic (exact) mass is 252 g/mol. The van der Waals surface area contributed by atoms with Gasteiger partial charge in [-0.3, -0.25) is 20.2 Å². The van der Waals surface area contributed by atoms with Crippen LogP contribution in [0, 0.1) is 26.1 Å². The molecule has 0 amide bonds. The number of carbonyl (C=O) groups excluding carboxylic acids is 1. The van der Waals surface area contributed by atoms with E-state index in [1.807, 2.05) is 0 Å². The van der Waals surface area contributed by atoms with E-state index in [0.717, 1.165) is 6.08 Å². The van der Waals surface area contributed by atoms with Gasteiger partial charge in [-0.05, 0) is 0 Å². The van der Waals surface area contributed by atoms with Crippen molar-refractivity contribution in [3.05, 3.63) is 44.2 Å². The maximum absolute atomic E-state index is 10.5. The molecule has 0 aromatic rings. The fraction of sp³-hybridized carbons (Fsp3) is 0.286. The van der Waals surface area contributed by atoms with Crippen LogP contribution in [0.5, 0.6) is 0 Å². The number of aliphatic carboxylic acids is 1. The van der Waals surface area contributed by atoms with Gasteiger partial charge in [0.25, 0.3) is 5.70 Å². The first-order valence-electron chi connectivity index (χ1n) is 3.92. The number of allylic oxidation sites excluding steroid dienone is 1. The summed E-state index contributed by atoms with van der Waals surface area (Å²) in [4.78, 5) is 29.1. The summed E-state index contributed by atoms with van der Waals surface area (Å²) in [6, 6.07) is 0. The molecular formula is C7H5N2NaO7. The molecule has 86 valence electrons. The van der Waals surface area contributed by atoms with Gasteiger partial charge in [-0.2, -0.15) is 0 Å². The third-order valence-corrected chi connectivity index (χ3v) is 2.03. The summed E-state index contributed by atoms with van der Waals surface area (Å²) in [6.45, 7) is 0. The van der Waals surface area contributed by atoms with Gasteiger partial charge in [0.05, 0.1) is 15.8 Å². The standard InChI is InChI=1S/C7H6N2O7.Na/c10-6(11)5-2-1-4(8(13)14)3-7(5,12)9(15)16;/h1-3,5,12H,(H,10,11);/q;+1/p-1. The molecule has 2 unspecified atom stereocenters. The zero-order valence-electron chi connectivity index (χ0n) is 8.60. The van der Waals surface area contributed by atoms with Gasteiger partial charge < -0.3 is 15.0 Å². The molecule has 0 radical (unpaired) electrons. The first-order chi connectivity index (χ1) is 7.29. The molecule has 0 aromatic carbocycles. The average Bonchev–Trinajstić information content (AvgIpc) is 2.16. The van der Waals surface area contributed by atoms with Crippen molar-refractivity contribution >= 4 is 5.97 Å². The van der Waals surface area contributed by atoms with Crippen molar-refractivity contribution in [2.45, 2.75) is 5.72 Å². The van der Waals surface area contributed by atoms with Crippen LogP contribution in [0.15, 0.2) is 23.9 Å². The van der Waals surface area contributed by atoms with Crippen molar-refractivity contribution in [2.75, 3.05) is 0 Å². The Balaban J connectivity index is 0.00000256. The summed E-state index contributed by atoms with van der Waals surface area (Å²) in [7, 11) is 0. The molecule has 0 spiro atoms. The molecule has 0 aliphatic heterocycles. The molecule has 0 heterocycles. The third-order valence-electron chi connectivity index (χ3n) is 2.03. The second kappa shape index (κ2) is 5.36. The van der Waals surface area contributed by atoms with Crippen LogP contribution < -0.4 is 34.7 Å². The zero-order chi connectivity index (χ0) is 12.5. The molecule has 1 N–H and O–H groups in total. The van der Waals surface area contributed by atoms with Gasteiger partial charge >= 0.3 is 35.3 Å². The van der Waals surface area contributed by atoms with Crippen LogP contribution in [-0.2, 0) is 4.79 Å². The number of carboxylic acids is 1. The first kappa shape index (κ1) is 15.7. The molecule has 2 atom stereocenters. The summed E-state index contributed by atoms with van der Waals surface area (Å²) < 4.78 is 0. The van der Waals surface area contributed by atoms with Crippen LogP contribution in [0.1, 0.15) is 0 Å². The van der Waals surface area contributed by atoms with Gasteiger partial charge in [0.15, 0.2) is 0 Å². The minimum Gasteiger partial charge on any atom is -0.549 e. The van der Waals surface area contributed by atoms with Crippen molar-refractivity contribution in [1.29, 1.82) is 0 Å². The maximum atomic E-state index is 10.5. The molecule has 0 aromatic heterocycles. The van der Waals surface area contributed by atoms with Gasteiger partial charge in [-0.1, -0.05) is 6.08 Å². The van der Waals surface area contributed by atoms with Crippen molar-refractivity contribution < 1.29 is 54.4 Å². The van der Waals surface area contributed by atoms with E-state index in [9.17, 15) is 35.2 Å². The Morgan fingerprint density at radius 3 is 2.29 bits per heavy atom. The average molecular weight is 252 g/mol. The number of nitrogens with zero attached hydrogens (tertiary/aromatic N) is 2. The summed E-state index contributed by atoms with van der Waals surface area (Å²) in [5.74, 6) is -3.86. The molecule has 0 saturated heterocycles. The van der Waals surface area contributed by atoms with Crippen LogP contribution in [0.3, 0.4) is 0 Å². The Kier molecular flexibility index (Phi) is 4.95. The molecule has 0 fully saturated rings. The largest absolute Gasteiger partial charge is 1.00 e. The number of rotatable bonds is 3. The van der Waals surface area contributed by atoms with Crippen molar-refractivity contribution in [2.24, 2.45) is 5.92 Å². The number of hydrogen-bond donors (Lipinski definition) is 1. The summed E-state index contributed by atoms with van der Waals surface area (Å²) in [6.07, 6.45) is 1.68. The van der Waals surface area contributed by atoms with Crippen LogP contribution in [0.4, 0.5) is 0 Å². The number of nitro groups is 2. The minimum absolute atomic E-state index is 0. The molecule has 10 heteroatoms. The molecule has 0 saturated carbocycles. The molecule has 1 aliphatic rings. The summed E-state index contributed by atoms with van der Waals surface area (Å²) >= 11 is 0. The van der Waals surface area contributed by atoms with E-state index in [2.05, 4.69) is 0 Å².